The van der Waals surface area contributed by atoms with Crippen LogP contribution in [0.3, 0.4) is 0 Å². The van der Waals surface area contributed by atoms with Crippen LogP contribution in [0.1, 0.15) is 23.1 Å². The smallest absolute Gasteiger partial charge is 0.0440 e. The average Bonchev–Trinajstić information content (AvgIpc) is 2.26. The maximum atomic E-state index is 6.21. The van der Waals surface area contributed by atoms with Gasteiger partial charge in [-0.05, 0) is 68.5 Å². The van der Waals surface area contributed by atoms with Crippen molar-refractivity contribution >= 4 is 11.6 Å². The van der Waals surface area contributed by atoms with Crippen LogP contribution >= 0.6 is 11.6 Å². The van der Waals surface area contributed by atoms with Crippen molar-refractivity contribution in [1.82, 2.24) is 0 Å². The fourth-order valence-electron chi connectivity index (χ4n) is 1.72. The monoisotopic (exact) mass is 240 g/mol. The zero-order valence-electron chi connectivity index (χ0n) is 10.1. The molecule has 0 bridgehead atoms. The molecule has 0 aliphatic carbocycles. The van der Waals surface area contributed by atoms with Crippen molar-refractivity contribution in [3.63, 3.8) is 0 Å². The summed E-state index contributed by atoms with van der Waals surface area (Å²) >= 11 is 6.21. The van der Waals surface area contributed by atoms with Crippen LogP contribution in [0.25, 0.3) is 0 Å². The summed E-state index contributed by atoms with van der Waals surface area (Å²) in [6.45, 7) is 5.49. The average molecular weight is 241 g/mol. The highest BCUT2D eigenvalue weighted by Gasteiger charge is 2.08. The molecule has 90 valence electrons. The summed E-state index contributed by atoms with van der Waals surface area (Å²) in [7, 11) is 0. The molecule has 0 aliphatic heterocycles. The van der Waals surface area contributed by atoms with Gasteiger partial charge in [-0.2, -0.15) is 0 Å². The lowest BCUT2D eigenvalue weighted by atomic mass is 9.97. The van der Waals surface area contributed by atoms with Gasteiger partial charge in [0.1, 0.15) is 0 Å². The molecule has 0 saturated carbocycles. The third kappa shape index (κ3) is 3.48. The van der Waals surface area contributed by atoms with E-state index in [1.54, 1.807) is 0 Å². The number of nitrogens with two attached hydrogens (primary N) is 2. The first-order chi connectivity index (χ1) is 7.58. The standard InChI is InChI=1S/C13H21ClN2/c1-9-5-12(13(14)6-10(9)2)4-3-11(7-15)8-16/h5-6,11H,3-4,7-8,15-16H2,1-2H3. The van der Waals surface area contributed by atoms with E-state index in [2.05, 4.69) is 19.9 Å². The second kappa shape index (κ2) is 6.24. The van der Waals surface area contributed by atoms with E-state index in [0.29, 0.717) is 19.0 Å². The maximum Gasteiger partial charge on any atom is 0.0440 e. The van der Waals surface area contributed by atoms with Crippen LogP contribution in [0.5, 0.6) is 0 Å². The minimum Gasteiger partial charge on any atom is -0.330 e. The zero-order valence-corrected chi connectivity index (χ0v) is 10.8. The molecular weight excluding hydrogens is 220 g/mol. The third-order valence-electron chi connectivity index (χ3n) is 3.15. The molecule has 0 atom stereocenters. The van der Waals surface area contributed by atoms with Gasteiger partial charge in [0.25, 0.3) is 0 Å². The van der Waals surface area contributed by atoms with E-state index in [1.165, 1.54) is 16.7 Å². The predicted molar refractivity (Wildman–Crippen MR) is 70.8 cm³/mol. The molecule has 2 nitrogen and oxygen atoms in total. The quantitative estimate of drug-likeness (QED) is 0.831. The van der Waals surface area contributed by atoms with E-state index in [4.69, 9.17) is 23.1 Å². The number of benzene rings is 1. The first kappa shape index (κ1) is 13.5. The Labute approximate surface area is 103 Å². The number of aryl methyl sites for hydroxylation is 3. The minimum atomic E-state index is 0.401. The van der Waals surface area contributed by atoms with E-state index >= 15 is 0 Å². The van der Waals surface area contributed by atoms with E-state index in [1.807, 2.05) is 6.07 Å². The van der Waals surface area contributed by atoms with E-state index in [9.17, 15) is 0 Å². The summed E-state index contributed by atoms with van der Waals surface area (Å²) in [6, 6.07) is 4.20. The molecule has 0 fully saturated rings. The zero-order chi connectivity index (χ0) is 12.1. The van der Waals surface area contributed by atoms with Crippen molar-refractivity contribution < 1.29 is 0 Å². The van der Waals surface area contributed by atoms with Gasteiger partial charge in [0, 0.05) is 5.02 Å². The molecule has 3 heteroatoms. The SMILES string of the molecule is Cc1cc(Cl)c(CCC(CN)CN)cc1C. The van der Waals surface area contributed by atoms with Gasteiger partial charge in [0.05, 0.1) is 0 Å². The molecule has 16 heavy (non-hydrogen) atoms. The van der Waals surface area contributed by atoms with Crippen LogP contribution in [0.15, 0.2) is 12.1 Å². The number of halogens is 1. The van der Waals surface area contributed by atoms with Crippen molar-refractivity contribution in [2.75, 3.05) is 13.1 Å². The second-order valence-corrected chi connectivity index (χ2v) is 4.81. The van der Waals surface area contributed by atoms with Crippen molar-refractivity contribution in [2.24, 2.45) is 17.4 Å². The normalized spacial score (nSPS) is 11.1. The highest BCUT2D eigenvalue weighted by Crippen LogP contribution is 2.23. The summed E-state index contributed by atoms with van der Waals surface area (Å²) in [6.07, 6.45) is 1.97. The molecule has 0 spiro atoms. The summed E-state index contributed by atoms with van der Waals surface area (Å²) in [5.74, 6) is 0.401. The molecule has 0 aliphatic rings. The topological polar surface area (TPSA) is 52.0 Å². The van der Waals surface area contributed by atoms with Crippen molar-refractivity contribution in [2.45, 2.75) is 26.7 Å². The molecule has 0 unspecified atom stereocenters. The highest BCUT2D eigenvalue weighted by molar-refractivity contribution is 6.31. The van der Waals surface area contributed by atoms with E-state index < -0.39 is 0 Å². The fraction of sp³-hybridized carbons (Fsp3) is 0.538. The van der Waals surface area contributed by atoms with Gasteiger partial charge >= 0.3 is 0 Å². The summed E-state index contributed by atoms with van der Waals surface area (Å²) in [5, 5.41) is 0.857. The Morgan fingerprint density at radius 3 is 2.25 bits per heavy atom. The van der Waals surface area contributed by atoms with Crippen LogP contribution < -0.4 is 11.5 Å². The van der Waals surface area contributed by atoms with Gasteiger partial charge < -0.3 is 11.5 Å². The van der Waals surface area contributed by atoms with Gasteiger partial charge in [0.2, 0.25) is 0 Å². The number of rotatable bonds is 5. The van der Waals surface area contributed by atoms with Gasteiger partial charge in [-0.25, -0.2) is 0 Å². The Kier molecular flexibility index (Phi) is 5.26. The van der Waals surface area contributed by atoms with Gasteiger partial charge in [0.15, 0.2) is 0 Å². The Morgan fingerprint density at radius 2 is 1.69 bits per heavy atom. The van der Waals surface area contributed by atoms with Crippen LogP contribution in [-0.4, -0.2) is 13.1 Å². The van der Waals surface area contributed by atoms with Crippen molar-refractivity contribution in [3.8, 4) is 0 Å². The second-order valence-electron chi connectivity index (χ2n) is 4.40. The Hall–Kier alpha value is -0.570. The lowest BCUT2D eigenvalue weighted by Crippen LogP contribution is -2.23. The largest absolute Gasteiger partial charge is 0.330 e. The lowest BCUT2D eigenvalue weighted by molar-refractivity contribution is 0.508. The van der Waals surface area contributed by atoms with E-state index in [-0.39, 0.29) is 0 Å². The molecule has 0 aromatic heterocycles. The molecule has 1 aromatic carbocycles. The number of hydrogen-bond donors (Lipinski definition) is 2. The summed E-state index contributed by atoms with van der Waals surface area (Å²) < 4.78 is 0. The molecule has 0 radical (unpaired) electrons. The van der Waals surface area contributed by atoms with Crippen molar-refractivity contribution in [1.29, 1.82) is 0 Å². The Bertz CT molecular complexity index is 346. The lowest BCUT2D eigenvalue weighted by Gasteiger charge is -2.13. The van der Waals surface area contributed by atoms with Gasteiger partial charge in [-0.3, -0.25) is 0 Å². The fourth-order valence-corrected chi connectivity index (χ4v) is 2.04. The highest BCUT2D eigenvalue weighted by atomic mass is 35.5. The molecule has 1 aromatic rings. The summed E-state index contributed by atoms with van der Waals surface area (Å²) in [5.41, 5.74) is 15.0. The summed E-state index contributed by atoms with van der Waals surface area (Å²) in [4.78, 5) is 0. The first-order valence-electron chi connectivity index (χ1n) is 5.74. The Morgan fingerprint density at radius 1 is 1.12 bits per heavy atom. The van der Waals surface area contributed by atoms with Crippen LogP contribution in [0.2, 0.25) is 5.02 Å². The molecule has 4 N–H and O–H groups in total. The molecular formula is C13H21ClN2. The van der Waals surface area contributed by atoms with Gasteiger partial charge in [-0.1, -0.05) is 17.7 Å². The maximum absolute atomic E-state index is 6.21. The number of hydrogen-bond acceptors (Lipinski definition) is 2. The van der Waals surface area contributed by atoms with Gasteiger partial charge in [-0.15, -0.1) is 0 Å². The van der Waals surface area contributed by atoms with Crippen molar-refractivity contribution in [3.05, 3.63) is 33.8 Å². The van der Waals surface area contributed by atoms with Crippen LogP contribution in [-0.2, 0) is 6.42 Å². The minimum absolute atomic E-state index is 0.401. The molecule has 0 saturated heterocycles. The first-order valence-corrected chi connectivity index (χ1v) is 6.12. The molecule has 0 heterocycles. The third-order valence-corrected chi connectivity index (χ3v) is 3.50. The van der Waals surface area contributed by atoms with Crippen LogP contribution in [0, 0.1) is 19.8 Å². The Balaban J connectivity index is 2.70. The predicted octanol–water partition coefficient (Wildman–Crippen LogP) is 2.42. The van der Waals surface area contributed by atoms with Crippen LogP contribution in [0.4, 0.5) is 0 Å². The van der Waals surface area contributed by atoms with E-state index in [0.717, 1.165) is 17.9 Å². The molecule has 1 rings (SSSR count). The molecule has 0 amide bonds.